The van der Waals surface area contributed by atoms with Gasteiger partial charge in [-0.2, -0.15) is 13.2 Å². The number of hydrogen-bond donors (Lipinski definition) is 0. The summed E-state index contributed by atoms with van der Waals surface area (Å²) in [5, 5.41) is 0. The second-order valence-corrected chi connectivity index (χ2v) is 8.68. The molecule has 1 nitrogen and oxygen atoms in total. The summed E-state index contributed by atoms with van der Waals surface area (Å²) in [4.78, 5) is 0. The van der Waals surface area contributed by atoms with Crippen molar-refractivity contribution in [3.8, 4) is 16.9 Å². The molecular formula is C25H31F3O. The van der Waals surface area contributed by atoms with Gasteiger partial charge in [0.1, 0.15) is 5.75 Å². The zero-order valence-electron chi connectivity index (χ0n) is 17.8. The largest absolute Gasteiger partial charge is 0.483 e. The molecule has 0 aliphatic heterocycles. The minimum absolute atomic E-state index is 0.338. The van der Waals surface area contributed by atoms with Crippen LogP contribution in [-0.2, 0) is 0 Å². The molecule has 1 fully saturated rings. The fourth-order valence-electron chi connectivity index (χ4n) is 3.94. The minimum Gasteiger partial charge on any atom is -0.483 e. The summed E-state index contributed by atoms with van der Waals surface area (Å²) in [6.07, 6.45) is 0.425. The Morgan fingerprint density at radius 1 is 1.03 bits per heavy atom. The number of aryl methyl sites for hydroxylation is 1. The van der Waals surface area contributed by atoms with Crippen LogP contribution >= 0.6 is 0 Å². The number of ether oxygens (including phenoxy) is 1. The molecule has 0 aromatic heterocycles. The summed E-state index contributed by atoms with van der Waals surface area (Å²) in [6.45, 7) is 7.02. The number of benzene rings is 2. The highest BCUT2D eigenvalue weighted by Crippen LogP contribution is 2.43. The van der Waals surface area contributed by atoms with E-state index >= 15 is 0 Å². The van der Waals surface area contributed by atoms with Crippen LogP contribution in [0.4, 0.5) is 13.2 Å². The first-order chi connectivity index (χ1) is 13.7. The number of hydrogen-bond acceptors (Lipinski definition) is 1. The highest BCUT2D eigenvalue weighted by atomic mass is 19.4. The van der Waals surface area contributed by atoms with Crippen molar-refractivity contribution in [2.45, 2.75) is 71.4 Å². The molecule has 1 aliphatic carbocycles. The molecule has 0 amide bonds. The molecule has 0 spiro atoms. The first-order valence-corrected chi connectivity index (χ1v) is 10.6. The lowest BCUT2D eigenvalue weighted by Gasteiger charge is -2.21. The lowest BCUT2D eigenvalue weighted by molar-refractivity contribution is -0.153. The van der Waals surface area contributed by atoms with Gasteiger partial charge in [0.05, 0.1) is 0 Å². The third kappa shape index (κ3) is 5.77. The van der Waals surface area contributed by atoms with Crippen LogP contribution in [0.15, 0.2) is 36.4 Å². The topological polar surface area (TPSA) is 9.23 Å². The summed E-state index contributed by atoms with van der Waals surface area (Å²) in [7, 11) is 0. The molecule has 1 aliphatic rings. The van der Waals surface area contributed by atoms with Crippen LogP contribution in [0.1, 0.15) is 75.0 Å². The molecule has 158 valence electrons. The second kappa shape index (κ2) is 8.81. The van der Waals surface area contributed by atoms with Gasteiger partial charge in [-0.25, -0.2) is 0 Å². The third-order valence-electron chi connectivity index (χ3n) is 5.84. The maximum absolute atomic E-state index is 12.8. The van der Waals surface area contributed by atoms with Crippen LogP contribution in [0.2, 0.25) is 0 Å². The van der Waals surface area contributed by atoms with Gasteiger partial charge in [0.25, 0.3) is 0 Å². The van der Waals surface area contributed by atoms with E-state index in [9.17, 15) is 13.2 Å². The highest BCUT2D eigenvalue weighted by molar-refractivity contribution is 5.73. The van der Waals surface area contributed by atoms with Gasteiger partial charge in [-0.15, -0.1) is 0 Å². The van der Waals surface area contributed by atoms with Crippen LogP contribution in [0.3, 0.4) is 0 Å². The van der Waals surface area contributed by atoms with Crippen LogP contribution in [-0.4, -0.2) is 12.8 Å². The van der Waals surface area contributed by atoms with E-state index < -0.39 is 12.8 Å². The number of rotatable bonds is 8. The van der Waals surface area contributed by atoms with Crippen molar-refractivity contribution >= 4 is 0 Å². The van der Waals surface area contributed by atoms with E-state index in [0.29, 0.717) is 17.6 Å². The van der Waals surface area contributed by atoms with Crippen molar-refractivity contribution in [2.75, 3.05) is 6.61 Å². The lowest BCUT2D eigenvalue weighted by Crippen LogP contribution is -2.20. The van der Waals surface area contributed by atoms with Crippen LogP contribution < -0.4 is 4.74 Å². The van der Waals surface area contributed by atoms with Crippen molar-refractivity contribution in [2.24, 2.45) is 5.92 Å². The molecule has 4 heteroatoms. The molecule has 0 saturated heterocycles. The van der Waals surface area contributed by atoms with Gasteiger partial charge in [0, 0.05) is 5.56 Å². The minimum atomic E-state index is -4.36. The Bertz CT molecular complexity index is 817. The van der Waals surface area contributed by atoms with Crippen molar-refractivity contribution in [3.63, 3.8) is 0 Å². The molecule has 2 aromatic rings. The Kier molecular flexibility index (Phi) is 6.60. The molecule has 0 heterocycles. The fourth-order valence-corrected chi connectivity index (χ4v) is 3.94. The Morgan fingerprint density at radius 3 is 2.21 bits per heavy atom. The smallest absolute Gasteiger partial charge is 0.422 e. The molecular weight excluding hydrogens is 373 g/mol. The zero-order valence-corrected chi connectivity index (χ0v) is 17.8. The van der Waals surface area contributed by atoms with E-state index in [0.717, 1.165) is 35.4 Å². The SMILES string of the molecule is CC[C@H](CC1CC1)c1cc(C)c(OCC(F)(F)F)c(-c2ccc(C(C)C)cc2)c1. The molecule has 0 bridgehead atoms. The molecule has 0 N–H and O–H groups in total. The Hall–Kier alpha value is -1.97. The van der Waals surface area contributed by atoms with Crippen molar-refractivity contribution in [3.05, 3.63) is 53.1 Å². The van der Waals surface area contributed by atoms with Gasteiger partial charge in [-0.05, 0) is 65.8 Å². The molecule has 0 radical (unpaired) electrons. The summed E-state index contributed by atoms with van der Waals surface area (Å²) in [6, 6.07) is 12.2. The molecule has 2 aromatic carbocycles. The first kappa shape index (κ1) is 21.7. The first-order valence-electron chi connectivity index (χ1n) is 10.6. The van der Waals surface area contributed by atoms with E-state index in [-0.39, 0.29) is 0 Å². The van der Waals surface area contributed by atoms with Gasteiger partial charge in [0.2, 0.25) is 0 Å². The van der Waals surface area contributed by atoms with E-state index in [2.05, 4.69) is 39.0 Å². The molecule has 0 unspecified atom stereocenters. The van der Waals surface area contributed by atoms with Crippen molar-refractivity contribution in [1.29, 1.82) is 0 Å². The molecule has 3 rings (SSSR count). The summed E-state index contributed by atoms with van der Waals surface area (Å²) >= 11 is 0. The summed E-state index contributed by atoms with van der Waals surface area (Å²) < 4.78 is 43.8. The Labute approximate surface area is 172 Å². The maximum atomic E-state index is 12.8. The normalized spacial score (nSPS) is 15.6. The van der Waals surface area contributed by atoms with Crippen LogP contribution in [0.5, 0.6) is 5.75 Å². The quantitative estimate of drug-likeness (QED) is 0.433. The molecule has 29 heavy (non-hydrogen) atoms. The molecule has 1 saturated carbocycles. The van der Waals surface area contributed by atoms with E-state index in [1.54, 1.807) is 0 Å². The van der Waals surface area contributed by atoms with E-state index in [1.165, 1.54) is 24.0 Å². The summed E-state index contributed by atoms with van der Waals surface area (Å²) in [5.74, 6) is 1.98. The predicted molar refractivity (Wildman–Crippen MR) is 113 cm³/mol. The third-order valence-corrected chi connectivity index (χ3v) is 5.84. The van der Waals surface area contributed by atoms with Crippen molar-refractivity contribution in [1.82, 2.24) is 0 Å². The van der Waals surface area contributed by atoms with E-state index in [1.807, 2.05) is 25.1 Å². The lowest BCUT2D eigenvalue weighted by atomic mass is 9.87. The predicted octanol–water partition coefficient (Wildman–Crippen LogP) is 8.02. The fraction of sp³-hybridized carbons (Fsp3) is 0.520. The van der Waals surface area contributed by atoms with E-state index in [4.69, 9.17) is 4.74 Å². The van der Waals surface area contributed by atoms with Gasteiger partial charge in [-0.1, -0.05) is 63.9 Å². The Morgan fingerprint density at radius 2 is 1.69 bits per heavy atom. The van der Waals surface area contributed by atoms with Gasteiger partial charge < -0.3 is 4.74 Å². The average Bonchev–Trinajstić information content (AvgIpc) is 3.48. The average molecular weight is 405 g/mol. The number of halogens is 3. The molecule has 1 atom stereocenters. The van der Waals surface area contributed by atoms with Gasteiger partial charge in [0.15, 0.2) is 6.61 Å². The Balaban J connectivity index is 2.02. The second-order valence-electron chi connectivity index (χ2n) is 8.68. The standard InChI is InChI=1S/C25H31F3O/c1-5-19(13-18-6-7-18)22-12-17(4)24(29-15-25(26,27)28)23(14-22)21-10-8-20(9-11-21)16(2)3/h8-12,14,16,18-19H,5-7,13,15H2,1-4H3/t19-/m1/s1. The monoisotopic (exact) mass is 404 g/mol. The highest BCUT2D eigenvalue weighted by Gasteiger charge is 2.30. The van der Waals surface area contributed by atoms with Crippen LogP contribution in [0, 0.1) is 12.8 Å². The maximum Gasteiger partial charge on any atom is 0.422 e. The van der Waals surface area contributed by atoms with Crippen molar-refractivity contribution < 1.29 is 17.9 Å². The number of alkyl halides is 3. The van der Waals surface area contributed by atoms with Crippen LogP contribution in [0.25, 0.3) is 11.1 Å². The van der Waals surface area contributed by atoms with Gasteiger partial charge >= 0.3 is 6.18 Å². The summed E-state index contributed by atoms with van der Waals surface area (Å²) in [5.41, 5.74) is 4.84. The van der Waals surface area contributed by atoms with Gasteiger partial charge in [-0.3, -0.25) is 0 Å². The zero-order chi connectivity index (χ0) is 21.2.